The van der Waals surface area contributed by atoms with Crippen molar-refractivity contribution in [1.82, 2.24) is 10.2 Å². The van der Waals surface area contributed by atoms with Gasteiger partial charge in [-0.25, -0.2) is 8.78 Å². The van der Waals surface area contributed by atoms with Crippen LogP contribution >= 0.6 is 0 Å². The zero-order valence-corrected chi connectivity index (χ0v) is 23.4. The highest BCUT2D eigenvalue weighted by molar-refractivity contribution is 5.98. The average molecular weight is 562 g/mol. The molecule has 2 aliphatic carbocycles. The molecule has 4 aliphatic rings. The van der Waals surface area contributed by atoms with E-state index in [0.717, 1.165) is 55.2 Å². The molecule has 2 aromatic rings. The van der Waals surface area contributed by atoms with Crippen LogP contribution in [0.15, 0.2) is 42.5 Å². The Morgan fingerprint density at radius 1 is 1.10 bits per heavy atom. The number of aliphatic hydroxyl groups is 1. The molecule has 0 saturated carbocycles. The molecule has 6 nitrogen and oxygen atoms in total. The Morgan fingerprint density at radius 2 is 1.90 bits per heavy atom. The van der Waals surface area contributed by atoms with Gasteiger partial charge in [-0.2, -0.15) is 0 Å². The summed E-state index contributed by atoms with van der Waals surface area (Å²) in [5, 5.41) is 22.5. The molecular formula is C33H37F2N3O3. The quantitative estimate of drug-likeness (QED) is 0.367. The Labute approximate surface area is 239 Å². The number of fused-ring (bicyclic) bond motifs is 6. The Morgan fingerprint density at radius 3 is 2.71 bits per heavy atom. The lowest BCUT2D eigenvalue weighted by Crippen LogP contribution is -2.43. The second-order valence-corrected chi connectivity index (χ2v) is 12.3. The molecule has 0 aromatic heterocycles. The lowest BCUT2D eigenvalue weighted by Gasteiger charge is -2.39. The molecule has 2 aliphatic heterocycles. The summed E-state index contributed by atoms with van der Waals surface area (Å²) >= 11 is 0. The average Bonchev–Trinajstić information content (AvgIpc) is 3.38. The highest BCUT2D eigenvalue weighted by atomic mass is 19.3. The normalized spacial score (nSPS) is 30.2. The number of aliphatic hydroxyl groups excluding tert-OH is 1. The van der Waals surface area contributed by atoms with E-state index in [-0.39, 0.29) is 40.3 Å². The van der Waals surface area contributed by atoms with Gasteiger partial charge >= 0.3 is 0 Å². The van der Waals surface area contributed by atoms with Gasteiger partial charge in [-0.15, -0.1) is 0 Å². The Kier molecular flexibility index (Phi) is 7.09. The van der Waals surface area contributed by atoms with Crippen LogP contribution < -0.4 is 5.32 Å². The summed E-state index contributed by atoms with van der Waals surface area (Å²) < 4.78 is 30.7. The number of hydrogen-bond donors (Lipinski definition) is 3. The van der Waals surface area contributed by atoms with Gasteiger partial charge in [0.05, 0.1) is 18.2 Å². The molecule has 6 rings (SSSR count). The first-order valence-corrected chi connectivity index (χ1v) is 14.8. The van der Waals surface area contributed by atoms with Gasteiger partial charge in [0.25, 0.3) is 11.8 Å². The summed E-state index contributed by atoms with van der Waals surface area (Å²) in [6.45, 7) is 2.09. The number of allylic oxidation sites excluding steroid dienone is 1. The predicted molar refractivity (Wildman–Crippen MR) is 153 cm³/mol. The highest BCUT2D eigenvalue weighted by Crippen LogP contribution is 2.51. The SMILES string of the molecule is CCC12CCC/C=C/c3ccc4c(c3)[C@@H](NC(=O)c3ccc5c(c3)[C@@H](CC5(F)F)N(C(=N)CCC1)C(=O)C2)[C@H](O)C4. The van der Waals surface area contributed by atoms with Crippen LogP contribution in [0.25, 0.3) is 6.08 Å². The number of carbonyl (C=O) groups excluding carboxylic acids is 2. The molecule has 41 heavy (non-hydrogen) atoms. The second kappa shape index (κ2) is 10.5. The molecule has 2 aromatic carbocycles. The van der Waals surface area contributed by atoms with Crippen molar-refractivity contribution in [3.05, 3.63) is 75.9 Å². The number of amidine groups is 1. The van der Waals surface area contributed by atoms with Gasteiger partial charge < -0.3 is 10.4 Å². The number of hydrogen-bond acceptors (Lipinski definition) is 4. The van der Waals surface area contributed by atoms with Gasteiger partial charge in [-0.1, -0.05) is 37.3 Å². The van der Waals surface area contributed by atoms with Crippen molar-refractivity contribution < 1.29 is 23.5 Å². The van der Waals surface area contributed by atoms with Crippen molar-refractivity contribution in [2.75, 3.05) is 0 Å². The number of rotatable bonds is 1. The molecule has 1 saturated heterocycles. The van der Waals surface area contributed by atoms with Crippen LogP contribution in [-0.2, 0) is 17.1 Å². The number of benzene rings is 2. The van der Waals surface area contributed by atoms with E-state index in [1.54, 1.807) is 0 Å². The van der Waals surface area contributed by atoms with Crippen molar-refractivity contribution in [3.8, 4) is 0 Å². The van der Waals surface area contributed by atoms with Crippen molar-refractivity contribution in [3.63, 3.8) is 0 Å². The van der Waals surface area contributed by atoms with E-state index in [2.05, 4.69) is 24.4 Å². The zero-order chi connectivity index (χ0) is 28.9. The fourth-order valence-corrected chi connectivity index (χ4v) is 7.41. The molecule has 0 radical (unpaired) electrons. The smallest absolute Gasteiger partial charge is 0.275 e. The largest absolute Gasteiger partial charge is 0.390 e. The highest BCUT2D eigenvalue weighted by Gasteiger charge is 2.50. The predicted octanol–water partition coefficient (Wildman–Crippen LogP) is 6.58. The maximum Gasteiger partial charge on any atom is 0.275 e. The van der Waals surface area contributed by atoms with Gasteiger partial charge in [0.2, 0.25) is 5.91 Å². The van der Waals surface area contributed by atoms with E-state index in [4.69, 9.17) is 5.41 Å². The first-order valence-electron chi connectivity index (χ1n) is 14.8. The molecule has 0 spiro atoms. The second-order valence-electron chi connectivity index (χ2n) is 12.3. The number of halogens is 2. The molecule has 216 valence electrons. The summed E-state index contributed by atoms with van der Waals surface area (Å²) in [5.74, 6) is -3.87. The van der Waals surface area contributed by atoms with Gasteiger partial charge in [0.15, 0.2) is 0 Å². The number of nitrogens with one attached hydrogen (secondary N) is 2. The van der Waals surface area contributed by atoms with Crippen LogP contribution in [-0.4, -0.2) is 33.8 Å². The minimum atomic E-state index is -3.18. The van der Waals surface area contributed by atoms with Gasteiger partial charge in [0, 0.05) is 36.8 Å². The number of amides is 2. The van der Waals surface area contributed by atoms with E-state index in [9.17, 15) is 14.7 Å². The summed E-state index contributed by atoms with van der Waals surface area (Å²) in [6, 6.07) is 8.50. The standard InChI is InChI=1S/C33H37F2N3O3/c1-2-32-13-5-3-4-7-20-9-10-21-17-27(39)30(23(21)15-20)37-31(41)22-11-12-25-24(16-22)26(18-33(25,34)35)38(29(40)19-32)28(36)8-6-14-32/h4,7,9-12,15-16,26-27,30,36,39H,2-3,5-6,8,13-14,17-19H2,1H3,(H,37,41)/b7-4+,36-28?/t26-,27-,30-,32?/m1/s1. The van der Waals surface area contributed by atoms with E-state index in [1.807, 2.05) is 18.2 Å². The fraction of sp³-hybridized carbons (Fsp3) is 0.485. The summed E-state index contributed by atoms with van der Waals surface area (Å²) in [7, 11) is 0. The first-order chi connectivity index (χ1) is 19.6. The van der Waals surface area contributed by atoms with Crippen LogP contribution in [0.3, 0.4) is 0 Å². The molecule has 2 amide bonds. The van der Waals surface area contributed by atoms with E-state index >= 15 is 8.78 Å². The number of alkyl halides is 2. The Balaban J connectivity index is 1.44. The van der Waals surface area contributed by atoms with E-state index in [1.165, 1.54) is 23.1 Å². The maximum atomic E-state index is 15.3. The minimum Gasteiger partial charge on any atom is -0.390 e. The third kappa shape index (κ3) is 5.00. The molecule has 4 atom stereocenters. The van der Waals surface area contributed by atoms with Crippen LogP contribution in [0.2, 0.25) is 0 Å². The van der Waals surface area contributed by atoms with Crippen LogP contribution in [0.1, 0.15) is 115 Å². The van der Waals surface area contributed by atoms with Crippen LogP contribution in [0.5, 0.6) is 0 Å². The van der Waals surface area contributed by atoms with Gasteiger partial charge in [-0.3, -0.25) is 19.9 Å². The van der Waals surface area contributed by atoms with Crippen LogP contribution in [0, 0.1) is 10.8 Å². The molecular weight excluding hydrogens is 524 g/mol. The summed E-state index contributed by atoms with van der Waals surface area (Å²) in [5.41, 5.74) is 2.79. The maximum absolute atomic E-state index is 15.3. The number of nitrogens with zero attached hydrogens (tertiary/aromatic N) is 1. The fourth-order valence-electron chi connectivity index (χ4n) is 7.41. The zero-order valence-electron chi connectivity index (χ0n) is 23.4. The van der Waals surface area contributed by atoms with Crippen molar-refractivity contribution >= 4 is 23.7 Å². The van der Waals surface area contributed by atoms with Crippen molar-refractivity contribution in [1.29, 1.82) is 5.41 Å². The minimum absolute atomic E-state index is 0.0675. The Hall–Kier alpha value is -3.39. The molecule has 6 bridgehead atoms. The van der Waals surface area contributed by atoms with Crippen molar-refractivity contribution in [2.24, 2.45) is 5.41 Å². The Bertz CT molecular complexity index is 1440. The molecule has 1 unspecified atom stereocenters. The van der Waals surface area contributed by atoms with Gasteiger partial charge in [-0.05, 0) is 84.4 Å². The van der Waals surface area contributed by atoms with Gasteiger partial charge in [0.1, 0.15) is 5.84 Å². The van der Waals surface area contributed by atoms with Crippen LogP contribution in [0.4, 0.5) is 8.78 Å². The molecule has 8 heteroatoms. The summed E-state index contributed by atoms with van der Waals surface area (Å²) in [6.07, 6.45) is 8.69. The van der Waals surface area contributed by atoms with E-state index < -0.39 is 36.4 Å². The van der Waals surface area contributed by atoms with E-state index in [0.29, 0.717) is 12.8 Å². The third-order valence-corrected chi connectivity index (χ3v) is 9.78. The molecule has 1 fully saturated rings. The molecule has 3 N–H and O–H groups in total. The first kappa shape index (κ1) is 27.8. The monoisotopic (exact) mass is 561 g/mol. The van der Waals surface area contributed by atoms with Crippen molar-refractivity contribution in [2.45, 2.75) is 95.2 Å². The third-order valence-electron chi connectivity index (χ3n) is 9.78. The molecule has 2 heterocycles. The topological polar surface area (TPSA) is 93.5 Å². The summed E-state index contributed by atoms with van der Waals surface area (Å²) in [4.78, 5) is 28.6. The number of carbonyl (C=O) groups is 2. The lowest BCUT2D eigenvalue weighted by atomic mass is 9.72. The lowest BCUT2D eigenvalue weighted by molar-refractivity contribution is -0.133.